The maximum Gasteiger partial charge on any atom is 0.308 e. The van der Waals surface area contributed by atoms with Gasteiger partial charge in [-0.25, -0.2) is 0 Å². The van der Waals surface area contributed by atoms with Crippen LogP contribution in [-0.4, -0.2) is 28.0 Å². The number of benzene rings is 1. The summed E-state index contributed by atoms with van der Waals surface area (Å²) in [6.07, 6.45) is 2.90. The van der Waals surface area contributed by atoms with Crippen LogP contribution in [0.5, 0.6) is 0 Å². The zero-order chi connectivity index (χ0) is 16.3. The second-order valence-corrected chi connectivity index (χ2v) is 5.85. The fourth-order valence-electron chi connectivity index (χ4n) is 2.41. The molecule has 0 radical (unpaired) electrons. The molecule has 22 heavy (non-hydrogen) atoms. The van der Waals surface area contributed by atoms with Gasteiger partial charge in [0.2, 0.25) is 5.91 Å². The van der Waals surface area contributed by atoms with Gasteiger partial charge in [0.1, 0.15) is 0 Å². The fraction of sp³-hybridized carbons (Fsp3) is 0.412. The molecule has 0 aliphatic heterocycles. The number of rotatable bonds is 6. The second kappa shape index (κ2) is 6.64. The average Bonchev–Trinajstić information content (AvgIpc) is 2.86. The Balaban J connectivity index is 1.95. The zero-order valence-corrected chi connectivity index (χ0v) is 13.1. The van der Waals surface area contributed by atoms with Gasteiger partial charge >= 0.3 is 5.97 Å². The second-order valence-electron chi connectivity index (χ2n) is 5.85. The lowest BCUT2D eigenvalue weighted by molar-refractivity contribution is -0.142. The van der Waals surface area contributed by atoms with Gasteiger partial charge in [0.25, 0.3) is 0 Å². The minimum atomic E-state index is -0.903. The summed E-state index contributed by atoms with van der Waals surface area (Å²) in [6, 6.07) is 5.80. The lowest BCUT2D eigenvalue weighted by atomic mass is 10.0. The van der Waals surface area contributed by atoms with E-state index in [4.69, 9.17) is 5.11 Å². The number of amides is 1. The quantitative estimate of drug-likeness (QED) is 0.767. The molecule has 2 atom stereocenters. The molecule has 118 valence electrons. The highest BCUT2D eigenvalue weighted by molar-refractivity contribution is 5.85. The number of carboxylic acid groups (broad SMARTS) is 1. The number of carboxylic acids is 1. The van der Waals surface area contributed by atoms with Crippen LogP contribution in [0.3, 0.4) is 0 Å². The van der Waals surface area contributed by atoms with Gasteiger partial charge in [-0.3, -0.25) is 9.59 Å². The van der Waals surface area contributed by atoms with Crippen molar-refractivity contribution < 1.29 is 14.7 Å². The zero-order valence-electron chi connectivity index (χ0n) is 13.1. The SMILES string of the molecule is Cc1ccc2[nH]cc(CCC(=O)NC(C)C(C)C(=O)O)c2c1. The number of carbonyl (C=O) groups excluding carboxylic acids is 1. The summed E-state index contributed by atoms with van der Waals surface area (Å²) < 4.78 is 0. The van der Waals surface area contributed by atoms with E-state index in [1.807, 2.05) is 25.3 Å². The Kier molecular flexibility index (Phi) is 4.85. The first-order valence-electron chi connectivity index (χ1n) is 7.47. The first kappa shape index (κ1) is 16.1. The predicted molar refractivity (Wildman–Crippen MR) is 85.8 cm³/mol. The summed E-state index contributed by atoms with van der Waals surface area (Å²) in [4.78, 5) is 26.1. The van der Waals surface area contributed by atoms with Gasteiger partial charge in [0, 0.05) is 29.6 Å². The summed E-state index contributed by atoms with van der Waals surface area (Å²) >= 11 is 0. The van der Waals surface area contributed by atoms with E-state index in [0.29, 0.717) is 12.8 Å². The van der Waals surface area contributed by atoms with Gasteiger partial charge in [-0.15, -0.1) is 0 Å². The van der Waals surface area contributed by atoms with E-state index in [-0.39, 0.29) is 11.9 Å². The van der Waals surface area contributed by atoms with E-state index in [1.54, 1.807) is 13.8 Å². The van der Waals surface area contributed by atoms with Gasteiger partial charge in [-0.1, -0.05) is 11.6 Å². The smallest absolute Gasteiger partial charge is 0.308 e. The number of aromatic amines is 1. The summed E-state index contributed by atoms with van der Waals surface area (Å²) in [5.41, 5.74) is 3.35. The molecule has 0 aliphatic carbocycles. The maximum atomic E-state index is 12.0. The average molecular weight is 302 g/mol. The van der Waals surface area contributed by atoms with Crippen LogP contribution in [0.25, 0.3) is 10.9 Å². The molecule has 0 fully saturated rings. The number of aliphatic carboxylic acids is 1. The molecule has 0 saturated carbocycles. The third-order valence-corrected chi connectivity index (χ3v) is 4.07. The molecule has 0 spiro atoms. The van der Waals surface area contributed by atoms with E-state index in [0.717, 1.165) is 16.5 Å². The first-order valence-corrected chi connectivity index (χ1v) is 7.47. The van der Waals surface area contributed by atoms with E-state index < -0.39 is 11.9 Å². The van der Waals surface area contributed by atoms with E-state index in [2.05, 4.69) is 16.4 Å². The molecule has 5 heteroatoms. The van der Waals surface area contributed by atoms with Crippen LogP contribution >= 0.6 is 0 Å². The number of hydrogen-bond donors (Lipinski definition) is 3. The van der Waals surface area contributed by atoms with Crippen LogP contribution in [0.15, 0.2) is 24.4 Å². The Hall–Kier alpha value is -2.30. The van der Waals surface area contributed by atoms with Gasteiger partial charge in [-0.2, -0.15) is 0 Å². The minimum Gasteiger partial charge on any atom is -0.481 e. The Morgan fingerprint density at radius 2 is 2.05 bits per heavy atom. The lowest BCUT2D eigenvalue weighted by Gasteiger charge is -2.17. The molecule has 2 rings (SSSR count). The van der Waals surface area contributed by atoms with E-state index >= 15 is 0 Å². The number of carbonyl (C=O) groups is 2. The molecule has 2 unspecified atom stereocenters. The molecule has 1 heterocycles. The Morgan fingerprint density at radius 1 is 1.32 bits per heavy atom. The highest BCUT2D eigenvalue weighted by Gasteiger charge is 2.20. The normalized spacial score (nSPS) is 13.8. The molecule has 3 N–H and O–H groups in total. The molecule has 0 aliphatic rings. The predicted octanol–water partition coefficient (Wildman–Crippen LogP) is 2.63. The minimum absolute atomic E-state index is 0.123. The highest BCUT2D eigenvalue weighted by Crippen LogP contribution is 2.20. The molecule has 2 aromatic rings. The highest BCUT2D eigenvalue weighted by atomic mass is 16.4. The van der Waals surface area contributed by atoms with Crippen LogP contribution in [-0.2, 0) is 16.0 Å². The number of H-pyrrole nitrogens is 1. The molecule has 1 aromatic heterocycles. The van der Waals surface area contributed by atoms with Crippen molar-refractivity contribution in [3.05, 3.63) is 35.5 Å². The van der Waals surface area contributed by atoms with Crippen molar-refractivity contribution in [3.8, 4) is 0 Å². The van der Waals surface area contributed by atoms with Crippen molar-refractivity contribution in [1.82, 2.24) is 10.3 Å². The van der Waals surface area contributed by atoms with Crippen LogP contribution < -0.4 is 5.32 Å². The van der Waals surface area contributed by atoms with Crippen molar-refractivity contribution in [2.45, 2.75) is 39.7 Å². The van der Waals surface area contributed by atoms with E-state index in [1.165, 1.54) is 5.56 Å². The molecular weight excluding hydrogens is 280 g/mol. The van der Waals surface area contributed by atoms with Crippen molar-refractivity contribution in [1.29, 1.82) is 0 Å². The number of nitrogens with one attached hydrogen (secondary N) is 2. The van der Waals surface area contributed by atoms with Gasteiger partial charge in [0.15, 0.2) is 0 Å². The van der Waals surface area contributed by atoms with Gasteiger partial charge in [0.05, 0.1) is 5.92 Å². The van der Waals surface area contributed by atoms with Crippen molar-refractivity contribution in [3.63, 3.8) is 0 Å². The van der Waals surface area contributed by atoms with Gasteiger partial charge < -0.3 is 15.4 Å². The molecule has 1 amide bonds. The third kappa shape index (κ3) is 3.67. The fourth-order valence-corrected chi connectivity index (χ4v) is 2.41. The summed E-state index contributed by atoms with van der Waals surface area (Å²) in [6.45, 7) is 5.35. The van der Waals surface area contributed by atoms with Crippen molar-refractivity contribution in [2.75, 3.05) is 0 Å². The number of aryl methyl sites for hydroxylation is 2. The molecule has 1 aromatic carbocycles. The van der Waals surface area contributed by atoms with Crippen LogP contribution in [0.1, 0.15) is 31.4 Å². The first-order chi connectivity index (χ1) is 10.4. The topological polar surface area (TPSA) is 82.2 Å². The number of aromatic nitrogens is 1. The summed E-state index contributed by atoms with van der Waals surface area (Å²) in [7, 11) is 0. The van der Waals surface area contributed by atoms with E-state index in [9.17, 15) is 9.59 Å². The van der Waals surface area contributed by atoms with Crippen LogP contribution in [0, 0.1) is 12.8 Å². The van der Waals surface area contributed by atoms with Crippen molar-refractivity contribution >= 4 is 22.8 Å². The van der Waals surface area contributed by atoms with Crippen LogP contribution in [0.4, 0.5) is 0 Å². The standard InChI is InChI=1S/C17H22N2O3/c1-10-4-6-15-14(8-10)13(9-18-15)5-7-16(20)19-12(3)11(2)17(21)22/h4,6,8-9,11-12,18H,5,7H2,1-3H3,(H,19,20)(H,21,22). The molecular formula is C17H22N2O3. The molecule has 5 nitrogen and oxygen atoms in total. The monoisotopic (exact) mass is 302 g/mol. The maximum absolute atomic E-state index is 12.0. The Morgan fingerprint density at radius 3 is 2.73 bits per heavy atom. The third-order valence-electron chi connectivity index (χ3n) is 4.07. The Bertz CT molecular complexity index is 690. The largest absolute Gasteiger partial charge is 0.481 e. The number of fused-ring (bicyclic) bond motifs is 1. The van der Waals surface area contributed by atoms with Crippen LogP contribution in [0.2, 0.25) is 0 Å². The summed E-state index contributed by atoms with van der Waals surface area (Å²) in [5.74, 6) is -1.62. The molecule has 0 bridgehead atoms. The van der Waals surface area contributed by atoms with Crippen molar-refractivity contribution in [2.24, 2.45) is 5.92 Å². The lowest BCUT2D eigenvalue weighted by Crippen LogP contribution is -2.40. The Labute approximate surface area is 129 Å². The number of hydrogen-bond acceptors (Lipinski definition) is 2. The molecule has 0 saturated heterocycles. The van der Waals surface area contributed by atoms with Gasteiger partial charge in [-0.05, 0) is 44.9 Å². The summed E-state index contributed by atoms with van der Waals surface area (Å²) in [5, 5.41) is 12.8.